The maximum absolute atomic E-state index is 8.68. The first-order valence-electron chi connectivity index (χ1n) is 4.57. The molecule has 0 aromatic carbocycles. The highest BCUT2D eigenvalue weighted by atomic mass is 16.5. The molecular weight excluding hydrogens is 170 g/mol. The van der Waals surface area contributed by atoms with E-state index in [0.717, 1.165) is 25.1 Å². The first-order chi connectivity index (χ1) is 6.40. The molecule has 1 N–H and O–H groups in total. The first kappa shape index (κ1) is 8.72. The molecule has 1 aliphatic rings. The zero-order chi connectivity index (χ0) is 9.10. The fourth-order valence-corrected chi connectivity index (χ4v) is 1.47. The van der Waals surface area contributed by atoms with Gasteiger partial charge >= 0.3 is 0 Å². The van der Waals surface area contributed by atoms with Gasteiger partial charge in [0.1, 0.15) is 12.4 Å². The summed E-state index contributed by atoms with van der Waals surface area (Å²) in [6.07, 6.45) is 4.23. The zero-order valence-electron chi connectivity index (χ0n) is 7.40. The number of rotatable bonds is 3. The van der Waals surface area contributed by atoms with Gasteiger partial charge in [0, 0.05) is 19.6 Å². The van der Waals surface area contributed by atoms with Gasteiger partial charge in [0.2, 0.25) is 5.89 Å². The topological polar surface area (TPSA) is 55.5 Å². The van der Waals surface area contributed by atoms with Crippen LogP contribution in [0.5, 0.6) is 0 Å². The van der Waals surface area contributed by atoms with Crippen LogP contribution < -0.4 is 0 Å². The van der Waals surface area contributed by atoms with E-state index in [4.69, 9.17) is 14.3 Å². The van der Waals surface area contributed by atoms with Crippen molar-refractivity contribution in [3.63, 3.8) is 0 Å². The van der Waals surface area contributed by atoms with Crippen molar-refractivity contribution in [2.75, 3.05) is 13.2 Å². The third-order valence-corrected chi connectivity index (χ3v) is 2.14. The molecule has 1 aliphatic heterocycles. The quantitative estimate of drug-likeness (QED) is 0.761. The number of hydrogen-bond donors (Lipinski definition) is 1. The second kappa shape index (κ2) is 3.89. The molecule has 1 unspecified atom stereocenters. The molecule has 0 bridgehead atoms. The molecule has 13 heavy (non-hydrogen) atoms. The van der Waals surface area contributed by atoms with Crippen molar-refractivity contribution in [2.45, 2.75) is 25.4 Å². The van der Waals surface area contributed by atoms with Crippen molar-refractivity contribution in [3.05, 3.63) is 17.8 Å². The lowest BCUT2D eigenvalue weighted by Gasteiger charge is -2.01. The number of hydrogen-bond acceptors (Lipinski definition) is 4. The fourth-order valence-electron chi connectivity index (χ4n) is 1.47. The first-order valence-corrected chi connectivity index (χ1v) is 4.57. The minimum Gasteiger partial charge on any atom is -0.446 e. The average molecular weight is 183 g/mol. The van der Waals surface area contributed by atoms with E-state index in [1.807, 2.05) is 0 Å². The summed E-state index contributed by atoms with van der Waals surface area (Å²) in [5.74, 6) is 0.654. The number of oxazole rings is 1. The van der Waals surface area contributed by atoms with Gasteiger partial charge in [0.25, 0.3) is 0 Å². The van der Waals surface area contributed by atoms with Gasteiger partial charge < -0.3 is 14.3 Å². The number of nitrogens with zero attached hydrogens (tertiary/aromatic N) is 1. The molecule has 2 heterocycles. The van der Waals surface area contributed by atoms with Crippen molar-refractivity contribution in [3.8, 4) is 0 Å². The van der Waals surface area contributed by atoms with Crippen molar-refractivity contribution < 1.29 is 14.3 Å². The van der Waals surface area contributed by atoms with Crippen molar-refractivity contribution in [2.24, 2.45) is 0 Å². The van der Waals surface area contributed by atoms with Crippen LogP contribution in [0.1, 0.15) is 30.5 Å². The lowest BCUT2D eigenvalue weighted by atomic mass is 10.2. The highest BCUT2D eigenvalue weighted by Crippen LogP contribution is 2.27. The standard InChI is InChI=1S/C9H13NO3/c11-4-3-7-6-13-9(10-7)8-2-1-5-12-8/h6,8,11H,1-5H2. The van der Waals surface area contributed by atoms with Crippen LogP contribution in [0.4, 0.5) is 0 Å². The molecule has 0 spiro atoms. The van der Waals surface area contributed by atoms with Gasteiger partial charge in [-0.3, -0.25) is 0 Å². The molecule has 1 aromatic heterocycles. The molecule has 4 nitrogen and oxygen atoms in total. The van der Waals surface area contributed by atoms with E-state index < -0.39 is 0 Å². The summed E-state index contributed by atoms with van der Waals surface area (Å²) in [5, 5.41) is 8.68. The second-order valence-electron chi connectivity index (χ2n) is 3.15. The predicted octanol–water partition coefficient (Wildman–Crippen LogP) is 1.06. The lowest BCUT2D eigenvalue weighted by Crippen LogP contribution is -1.97. The maximum Gasteiger partial charge on any atom is 0.223 e. The van der Waals surface area contributed by atoms with Crippen LogP contribution >= 0.6 is 0 Å². The minimum atomic E-state index is 0.0347. The van der Waals surface area contributed by atoms with Crippen molar-refractivity contribution in [1.29, 1.82) is 0 Å². The Labute approximate surface area is 76.5 Å². The largest absolute Gasteiger partial charge is 0.446 e. The van der Waals surface area contributed by atoms with E-state index >= 15 is 0 Å². The van der Waals surface area contributed by atoms with Gasteiger partial charge in [0.05, 0.1) is 5.69 Å². The number of aromatic nitrogens is 1. The Morgan fingerprint density at radius 3 is 3.23 bits per heavy atom. The molecule has 0 amide bonds. The second-order valence-corrected chi connectivity index (χ2v) is 3.15. The van der Waals surface area contributed by atoms with Crippen LogP contribution in [0.25, 0.3) is 0 Å². The average Bonchev–Trinajstić information content (AvgIpc) is 2.70. The Bertz CT molecular complexity index is 266. The monoisotopic (exact) mass is 183 g/mol. The number of aliphatic hydroxyl groups excluding tert-OH is 1. The van der Waals surface area contributed by atoms with Crippen LogP contribution in [0.15, 0.2) is 10.7 Å². The Kier molecular flexibility index (Phi) is 2.61. The lowest BCUT2D eigenvalue weighted by molar-refractivity contribution is 0.0892. The third-order valence-electron chi connectivity index (χ3n) is 2.14. The van der Waals surface area contributed by atoms with E-state index in [2.05, 4.69) is 4.98 Å². The van der Waals surface area contributed by atoms with E-state index in [1.165, 1.54) is 0 Å². The van der Waals surface area contributed by atoms with Gasteiger partial charge in [0.15, 0.2) is 0 Å². The number of aliphatic hydroxyl groups is 1. The molecule has 1 fully saturated rings. The Hall–Kier alpha value is -0.870. The molecule has 1 aromatic rings. The van der Waals surface area contributed by atoms with Gasteiger partial charge in [-0.05, 0) is 12.8 Å². The third kappa shape index (κ3) is 1.89. The normalized spacial score (nSPS) is 22.4. The molecule has 2 rings (SSSR count). The van der Waals surface area contributed by atoms with Crippen LogP contribution in [0.3, 0.4) is 0 Å². The fraction of sp³-hybridized carbons (Fsp3) is 0.667. The van der Waals surface area contributed by atoms with Gasteiger partial charge in [-0.1, -0.05) is 0 Å². The number of ether oxygens (including phenoxy) is 1. The summed E-state index contributed by atoms with van der Waals surface area (Å²) in [6.45, 7) is 0.903. The van der Waals surface area contributed by atoms with Crippen LogP contribution in [-0.4, -0.2) is 23.3 Å². The molecule has 4 heteroatoms. The maximum atomic E-state index is 8.68. The smallest absolute Gasteiger partial charge is 0.223 e. The summed E-state index contributed by atoms with van der Waals surface area (Å²) in [6, 6.07) is 0. The Morgan fingerprint density at radius 2 is 2.54 bits per heavy atom. The van der Waals surface area contributed by atoms with Crippen molar-refractivity contribution in [1.82, 2.24) is 4.98 Å². The van der Waals surface area contributed by atoms with Crippen LogP contribution in [0.2, 0.25) is 0 Å². The zero-order valence-corrected chi connectivity index (χ0v) is 7.40. The molecule has 72 valence electrons. The summed E-state index contributed by atoms with van der Waals surface area (Å²) in [5.41, 5.74) is 0.799. The minimum absolute atomic E-state index is 0.0347. The highest BCUT2D eigenvalue weighted by Gasteiger charge is 2.22. The van der Waals surface area contributed by atoms with E-state index in [0.29, 0.717) is 12.3 Å². The molecule has 0 radical (unpaired) electrons. The Morgan fingerprint density at radius 1 is 1.62 bits per heavy atom. The molecule has 0 aliphatic carbocycles. The van der Waals surface area contributed by atoms with Gasteiger partial charge in [-0.25, -0.2) is 4.98 Å². The Balaban J connectivity index is 2.03. The molecular formula is C9H13NO3. The predicted molar refractivity (Wildman–Crippen MR) is 45.2 cm³/mol. The van der Waals surface area contributed by atoms with Crippen LogP contribution in [-0.2, 0) is 11.2 Å². The molecule has 1 saturated heterocycles. The SMILES string of the molecule is OCCc1coc(C2CCCO2)n1. The molecule has 0 saturated carbocycles. The summed E-state index contributed by atoms with van der Waals surface area (Å²) in [4.78, 5) is 4.23. The summed E-state index contributed by atoms with van der Waals surface area (Å²) >= 11 is 0. The van der Waals surface area contributed by atoms with Crippen LogP contribution in [0, 0.1) is 0 Å². The molecule has 1 atom stereocenters. The highest BCUT2D eigenvalue weighted by molar-refractivity contribution is 4.99. The van der Waals surface area contributed by atoms with E-state index in [1.54, 1.807) is 6.26 Å². The van der Waals surface area contributed by atoms with E-state index in [9.17, 15) is 0 Å². The summed E-state index contributed by atoms with van der Waals surface area (Å²) in [7, 11) is 0. The van der Waals surface area contributed by atoms with E-state index in [-0.39, 0.29) is 12.7 Å². The van der Waals surface area contributed by atoms with Gasteiger partial charge in [-0.2, -0.15) is 0 Å². The van der Waals surface area contributed by atoms with Gasteiger partial charge in [-0.15, -0.1) is 0 Å². The summed E-state index contributed by atoms with van der Waals surface area (Å²) < 4.78 is 10.7. The van der Waals surface area contributed by atoms with Crippen molar-refractivity contribution >= 4 is 0 Å².